The van der Waals surface area contributed by atoms with Crippen molar-refractivity contribution < 1.29 is 18.7 Å². The molecule has 0 saturated heterocycles. The number of ether oxygens (including phenoxy) is 2. The first-order chi connectivity index (χ1) is 13.7. The molecule has 0 aliphatic carbocycles. The number of rotatable bonds is 10. The number of benzene rings is 1. The number of hydrogen-bond acceptors (Lipinski definition) is 4. The van der Waals surface area contributed by atoms with E-state index >= 15 is 0 Å². The smallest absolute Gasteiger partial charge is 0.409 e. The number of alkyl halides is 1. The number of carbonyl (C=O) groups is 1. The lowest BCUT2D eigenvalue weighted by Crippen LogP contribution is -2.31. The summed E-state index contributed by atoms with van der Waals surface area (Å²) in [4.78, 5) is 14.8. The Morgan fingerprint density at radius 2 is 2.07 bits per heavy atom. The quantitative estimate of drug-likeness (QED) is 0.300. The van der Waals surface area contributed by atoms with Crippen LogP contribution in [0.4, 0.5) is 9.18 Å². The second-order valence-corrected chi connectivity index (χ2v) is 15.0. The average Bonchev–Trinajstić information content (AvgIpc) is 3.18. The fraction of sp³-hybridized carbons (Fsp3) is 0.476. The highest BCUT2D eigenvalue weighted by Crippen LogP contribution is 2.29. The number of nitrogens with zero attached hydrogens (tertiary/aromatic N) is 1. The summed E-state index contributed by atoms with van der Waals surface area (Å²) >= 11 is 7.29. The fourth-order valence-electron chi connectivity index (χ4n) is 2.56. The molecule has 29 heavy (non-hydrogen) atoms. The Balaban J connectivity index is 1.95. The molecule has 0 spiro atoms. The molecule has 2 rings (SSSR count). The molecule has 160 valence electrons. The zero-order valence-electron chi connectivity index (χ0n) is 17.4. The van der Waals surface area contributed by atoms with Crippen LogP contribution < -0.4 is 4.74 Å². The van der Waals surface area contributed by atoms with Crippen molar-refractivity contribution in [1.82, 2.24) is 4.90 Å². The normalized spacial score (nSPS) is 12.5. The molecule has 1 atom stereocenters. The number of halogens is 2. The predicted octanol–water partition coefficient (Wildman–Crippen LogP) is 6.54. The van der Waals surface area contributed by atoms with Gasteiger partial charge in [0.25, 0.3) is 0 Å². The van der Waals surface area contributed by atoms with E-state index in [-0.39, 0.29) is 23.9 Å². The molecule has 1 heterocycles. The second kappa shape index (κ2) is 11.0. The van der Waals surface area contributed by atoms with Gasteiger partial charge < -0.3 is 14.4 Å². The van der Waals surface area contributed by atoms with Gasteiger partial charge in [-0.05, 0) is 23.6 Å². The molecule has 0 radical (unpaired) electrons. The van der Waals surface area contributed by atoms with E-state index in [4.69, 9.17) is 21.1 Å². The van der Waals surface area contributed by atoms with Gasteiger partial charge in [-0.25, -0.2) is 9.18 Å². The van der Waals surface area contributed by atoms with Crippen LogP contribution in [0.25, 0.3) is 0 Å². The Morgan fingerprint density at radius 1 is 1.31 bits per heavy atom. The maximum absolute atomic E-state index is 14.0. The minimum atomic E-state index is -1.24. The highest BCUT2D eigenvalue weighted by atomic mass is 35.5. The summed E-state index contributed by atoms with van der Waals surface area (Å²) in [5.74, 6) is 0.172. The maximum Gasteiger partial charge on any atom is 0.409 e. The zero-order valence-corrected chi connectivity index (χ0v) is 20.0. The molecule has 8 heteroatoms. The van der Waals surface area contributed by atoms with Gasteiger partial charge in [-0.2, -0.15) is 0 Å². The summed E-state index contributed by atoms with van der Waals surface area (Å²) in [7, 11) is 0.480. The molecule has 1 amide bonds. The summed E-state index contributed by atoms with van der Waals surface area (Å²) in [5, 5.41) is 1.97. The molecule has 0 N–H and O–H groups in total. The maximum atomic E-state index is 14.0. The summed E-state index contributed by atoms with van der Waals surface area (Å²) in [6.45, 7) is 7.66. The van der Waals surface area contributed by atoms with E-state index in [1.807, 2.05) is 17.5 Å². The predicted molar refractivity (Wildman–Crippen MR) is 120 cm³/mol. The number of amides is 1. The van der Waals surface area contributed by atoms with E-state index in [9.17, 15) is 9.18 Å². The lowest BCUT2D eigenvalue weighted by molar-refractivity contribution is 0.108. The largest absolute Gasteiger partial charge is 0.485 e. The van der Waals surface area contributed by atoms with Crippen molar-refractivity contribution in [3.63, 3.8) is 0 Å². The highest BCUT2D eigenvalue weighted by Gasteiger charge is 2.20. The summed E-state index contributed by atoms with van der Waals surface area (Å²) in [6.07, 6.45) is -0.0434. The van der Waals surface area contributed by atoms with E-state index in [2.05, 4.69) is 19.6 Å². The molecule has 0 unspecified atom stereocenters. The SMILES string of the molecule is CN(CC[C@H](Oc1ccc(CCl)c(F)c1)c1cccs1)C(=O)OCC[Si](C)(C)C. The Morgan fingerprint density at radius 3 is 2.66 bits per heavy atom. The van der Waals surface area contributed by atoms with Crippen molar-refractivity contribution in [2.75, 3.05) is 20.2 Å². The zero-order chi connectivity index (χ0) is 21.4. The van der Waals surface area contributed by atoms with Crippen LogP contribution in [0.2, 0.25) is 25.7 Å². The lowest BCUT2D eigenvalue weighted by atomic mass is 10.2. The third-order valence-electron chi connectivity index (χ3n) is 4.42. The average molecular weight is 458 g/mol. The molecule has 0 aliphatic heterocycles. The van der Waals surface area contributed by atoms with Crippen LogP contribution in [-0.4, -0.2) is 39.3 Å². The van der Waals surface area contributed by atoms with Crippen LogP contribution in [0.15, 0.2) is 35.7 Å². The van der Waals surface area contributed by atoms with Gasteiger partial charge in [-0.3, -0.25) is 0 Å². The van der Waals surface area contributed by atoms with Crippen molar-refractivity contribution in [2.24, 2.45) is 0 Å². The van der Waals surface area contributed by atoms with E-state index in [0.717, 1.165) is 10.9 Å². The van der Waals surface area contributed by atoms with Crippen molar-refractivity contribution in [3.05, 3.63) is 52.0 Å². The number of thiophene rings is 1. The van der Waals surface area contributed by atoms with Crippen molar-refractivity contribution in [2.45, 2.75) is 44.1 Å². The summed E-state index contributed by atoms with van der Waals surface area (Å²) in [6, 6.07) is 9.57. The highest BCUT2D eigenvalue weighted by molar-refractivity contribution is 7.10. The van der Waals surface area contributed by atoms with Crippen molar-refractivity contribution >= 4 is 37.1 Å². The molecule has 0 bridgehead atoms. The number of carbonyl (C=O) groups excluding carboxylic acids is 1. The minimum absolute atomic E-state index is 0.116. The fourth-order valence-corrected chi connectivity index (χ4v) is 4.28. The van der Waals surface area contributed by atoms with Gasteiger partial charge in [-0.15, -0.1) is 22.9 Å². The molecular formula is C21H29ClFNO3SSi. The lowest BCUT2D eigenvalue weighted by Gasteiger charge is -2.23. The topological polar surface area (TPSA) is 38.8 Å². The van der Waals surface area contributed by atoms with Crippen LogP contribution in [0.1, 0.15) is 23.0 Å². The van der Waals surface area contributed by atoms with Crippen LogP contribution in [0.5, 0.6) is 5.75 Å². The first-order valence-corrected chi connectivity index (χ1v) is 14.7. The van der Waals surface area contributed by atoms with Crippen LogP contribution in [0, 0.1) is 5.82 Å². The summed E-state index contributed by atoms with van der Waals surface area (Å²) in [5.41, 5.74) is 0.437. The minimum Gasteiger partial charge on any atom is -0.485 e. The molecule has 1 aromatic heterocycles. The van der Waals surface area contributed by atoms with Gasteiger partial charge in [0.1, 0.15) is 17.7 Å². The first kappa shape index (κ1) is 23.7. The first-order valence-electron chi connectivity index (χ1n) is 9.62. The van der Waals surface area contributed by atoms with E-state index < -0.39 is 8.07 Å². The van der Waals surface area contributed by atoms with E-state index in [0.29, 0.717) is 30.9 Å². The van der Waals surface area contributed by atoms with Crippen LogP contribution in [0.3, 0.4) is 0 Å². The molecule has 0 saturated carbocycles. The Bertz CT molecular complexity index is 783. The van der Waals surface area contributed by atoms with Gasteiger partial charge in [0.2, 0.25) is 0 Å². The van der Waals surface area contributed by atoms with E-state index in [1.165, 1.54) is 6.07 Å². The molecule has 1 aromatic carbocycles. The van der Waals surface area contributed by atoms with Gasteiger partial charge in [0, 0.05) is 44.6 Å². The van der Waals surface area contributed by atoms with Gasteiger partial charge >= 0.3 is 6.09 Å². The molecule has 2 aromatic rings. The number of hydrogen-bond donors (Lipinski definition) is 0. The second-order valence-electron chi connectivity index (χ2n) is 8.14. The van der Waals surface area contributed by atoms with Crippen LogP contribution >= 0.6 is 22.9 Å². The Labute approximate surface area is 182 Å². The van der Waals surface area contributed by atoms with Crippen molar-refractivity contribution in [1.29, 1.82) is 0 Å². The van der Waals surface area contributed by atoms with E-state index in [1.54, 1.807) is 35.4 Å². The van der Waals surface area contributed by atoms with Gasteiger partial charge in [0.05, 0.1) is 12.5 Å². The third-order valence-corrected chi connectivity index (χ3v) is 7.38. The van der Waals surface area contributed by atoms with Gasteiger partial charge in [0.15, 0.2) is 0 Å². The molecule has 4 nitrogen and oxygen atoms in total. The monoisotopic (exact) mass is 457 g/mol. The van der Waals surface area contributed by atoms with Gasteiger partial charge in [-0.1, -0.05) is 31.8 Å². The van der Waals surface area contributed by atoms with Crippen molar-refractivity contribution in [3.8, 4) is 5.75 Å². The molecule has 0 aliphatic rings. The molecular weight excluding hydrogens is 429 g/mol. The third kappa shape index (κ3) is 7.99. The van der Waals surface area contributed by atoms with Crippen LogP contribution in [-0.2, 0) is 10.6 Å². The summed E-state index contributed by atoms with van der Waals surface area (Å²) < 4.78 is 25.5. The standard InChI is InChI=1S/C21H29ClFNO3SSi/c1-24(21(25)26-11-13-29(2,3)4)10-9-19(20-6-5-12-28-20)27-17-8-7-16(15-22)18(23)14-17/h5-8,12,14,19H,9-11,13,15H2,1-4H3/t19-/m0/s1. The Kier molecular flexibility index (Phi) is 8.98. The molecule has 0 fully saturated rings. The Hall–Kier alpha value is -1.57.